The van der Waals surface area contributed by atoms with Crippen LogP contribution in [-0.4, -0.2) is 18.1 Å². The summed E-state index contributed by atoms with van der Waals surface area (Å²) in [4.78, 5) is 12.6. The lowest BCUT2D eigenvalue weighted by Gasteiger charge is -2.26. The molecule has 0 saturated heterocycles. The van der Waals surface area contributed by atoms with E-state index < -0.39 is 5.60 Å². The first-order valence-electron chi connectivity index (χ1n) is 9.33. The Bertz CT molecular complexity index is 771. The van der Waals surface area contributed by atoms with Crippen molar-refractivity contribution in [2.24, 2.45) is 5.92 Å². The molecule has 0 spiro atoms. The molecule has 0 aliphatic carbocycles. The van der Waals surface area contributed by atoms with E-state index in [0.717, 1.165) is 24.3 Å². The van der Waals surface area contributed by atoms with Crippen LogP contribution < -0.4 is 10.1 Å². The van der Waals surface area contributed by atoms with Crippen molar-refractivity contribution in [1.82, 2.24) is 5.32 Å². The van der Waals surface area contributed by atoms with Gasteiger partial charge in [0.05, 0.1) is 0 Å². The van der Waals surface area contributed by atoms with Crippen molar-refractivity contribution in [2.45, 2.75) is 45.6 Å². The smallest absolute Gasteiger partial charge is 0.263 e. The van der Waals surface area contributed by atoms with E-state index in [-0.39, 0.29) is 5.91 Å². The Morgan fingerprint density at radius 3 is 2.25 bits per heavy atom. The van der Waals surface area contributed by atoms with Gasteiger partial charge in [0.15, 0.2) is 5.60 Å². The van der Waals surface area contributed by atoms with E-state index in [2.05, 4.69) is 24.4 Å². The molecule has 1 N–H and O–H groups in total. The molecule has 0 fully saturated rings. The molecule has 28 heavy (non-hydrogen) atoms. The first kappa shape index (κ1) is 22.9. The molecule has 0 saturated carbocycles. The molecule has 0 bridgehead atoms. The summed E-state index contributed by atoms with van der Waals surface area (Å²) in [7, 11) is 0. The number of amides is 1. The van der Waals surface area contributed by atoms with Crippen LogP contribution in [-0.2, 0) is 11.2 Å². The highest BCUT2D eigenvalue weighted by molar-refractivity contribution is 6.34. The maximum absolute atomic E-state index is 12.6. The van der Waals surface area contributed by atoms with Crippen LogP contribution >= 0.6 is 34.8 Å². The zero-order valence-corrected chi connectivity index (χ0v) is 18.7. The Labute approximate surface area is 182 Å². The van der Waals surface area contributed by atoms with Gasteiger partial charge in [-0.3, -0.25) is 4.79 Å². The number of benzene rings is 2. The van der Waals surface area contributed by atoms with Crippen molar-refractivity contribution in [1.29, 1.82) is 0 Å². The lowest BCUT2D eigenvalue weighted by Crippen LogP contribution is -2.47. The molecule has 1 unspecified atom stereocenters. The predicted octanol–water partition coefficient (Wildman–Crippen LogP) is 6.58. The minimum absolute atomic E-state index is 0.173. The van der Waals surface area contributed by atoms with E-state index in [0.29, 0.717) is 28.3 Å². The summed E-state index contributed by atoms with van der Waals surface area (Å²) in [5.41, 5.74) is 0.243. The number of hydrogen-bond acceptors (Lipinski definition) is 2. The van der Waals surface area contributed by atoms with Gasteiger partial charge in [0.1, 0.15) is 5.75 Å². The van der Waals surface area contributed by atoms with E-state index in [1.165, 1.54) is 5.56 Å². The number of carbonyl (C=O) groups excluding carboxylic acids is 1. The lowest BCUT2D eigenvalue weighted by molar-refractivity contribution is -0.134. The molecule has 152 valence electrons. The predicted molar refractivity (Wildman–Crippen MR) is 118 cm³/mol. The summed E-state index contributed by atoms with van der Waals surface area (Å²) in [6.45, 7) is 6.18. The van der Waals surface area contributed by atoms with Gasteiger partial charge >= 0.3 is 0 Å². The first-order valence-corrected chi connectivity index (χ1v) is 10.5. The summed E-state index contributed by atoms with van der Waals surface area (Å²) in [5.74, 6) is 0.662. The summed E-state index contributed by atoms with van der Waals surface area (Å²) in [5, 5.41) is 4.67. The number of halogens is 3. The maximum atomic E-state index is 12.6. The number of hydrogen-bond donors (Lipinski definition) is 1. The molecule has 0 radical (unpaired) electrons. The number of nitrogens with one attached hydrogen (secondary N) is 1. The van der Waals surface area contributed by atoms with Gasteiger partial charge in [0.2, 0.25) is 0 Å². The van der Waals surface area contributed by atoms with Gasteiger partial charge in [-0.2, -0.15) is 0 Å². The van der Waals surface area contributed by atoms with Gasteiger partial charge < -0.3 is 10.1 Å². The number of rotatable bonds is 9. The van der Waals surface area contributed by atoms with Gasteiger partial charge in [-0.1, -0.05) is 53.9 Å². The van der Waals surface area contributed by atoms with Crippen LogP contribution in [0.25, 0.3) is 0 Å². The van der Waals surface area contributed by atoms with Crippen LogP contribution in [0.4, 0.5) is 0 Å². The second-order valence-electron chi connectivity index (χ2n) is 7.55. The van der Waals surface area contributed by atoms with E-state index in [9.17, 15) is 4.79 Å². The van der Waals surface area contributed by atoms with E-state index in [1.807, 2.05) is 12.1 Å². The van der Waals surface area contributed by atoms with Crippen LogP contribution in [0.2, 0.25) is 15.1 Å². The zero-order valence-electron chi connectivity index (χ0n) is 16.4. The lowest BCUT2D eigenvalue weighted by atomic mass is 10.0. The molecule has 6 heteroatoms. The Hall–Kier alpha value is -1.42. The Morgan fingerprint density at radius 2 is 1.64 bits per heavy atom. The summed E-state index contributed by atoms with van der Waals surface area (Å²) in [6.07, 6.45) is 3.08. The standard InChI is InChI=1S/C22H26Cl3NO2/c1-15(5-4-6-16-7-9-17(23)10-8-16)14-26-21(27)22(2,3)28-20-12-18(24)11-19(25)13-20/h7-13,15H,4-6,14H2,1-3H3,(H,26,27). The third-order valence-electron chi connectivity index (χ3n) is 4.44. The fourth-order valence-corrected chi connectivity index (χ4v) is 3.45. The zero-order chi connectivity index (χ0) is 20.7. The molecule has 2 aromatic carbocycles. The summed E-state index contributed by atoms with van der Waals surface area (Å²) in [6, 6.07) is 12.8. The number of carbonyl (C=O) groups is 1. The molecule has 1 amide bonds. The minimum Gasteiger partial charge on any atom is -0.478 e. The SMILES string of the molecule is CC(CCCc1ccc(Cl)cc1)CNC(=O)C(C)(C)Oc1cc(Cl)cc(Cl)c1. The molecule has 2 rings (SSSR count). The van der Waals surface area contributed by atoms with Gasteiger partial charge in [0.25, 0.3) is 5.91 Å². The highest BCUT2D eigenvalue weighted by atomic mass is 35.5. The highest BCUT2D eigenvalue weighted by Crippen LogP contribution is 2.27. The monoisotopic (exact) mass is 441 g/mol. The second kappa shape index (κ2) is 10.4. The molecule has 0 aliphatic heterocycles. The summed E-state index contributed by atoms with van der Waals surface area (Å²) >= 11 is 17.9. The van der Waals surface area contributed by atoms with Crippen LogP contribution in [0.1, 0.15) is 39.2 Å². The molecule has 0 aliphatic rings. The van der Waals surface area contributed by atoms with E-state index >= 15 is 0 Å². The fraction of sp³-hybridized carbons (Fsp3) is 0.409. The molecular formula is C22H26Cl3NO2. The third-order valence-corrected chi connectivity index (χ3v) is 5.13. The maximum Gasteiger partial charge on any atom is 0.263 e. The van der Waals surface area contributed by atoms with Gasteiger partial charge in [-0.05, 0) is 74.9 Å². The third kappa shape index (κ3) is 7.54. The topological polar surface area (TPSA) is 38.3 Å². The average molecular weight is 443 g/mol. The van der Waals surface area contributed by atoms with Crippen molar-refractivity contribution in [3.05, 3.63) is 63.1 Å². The van der Waals surface area contributed by atoms with Gasteiger partial charge in [-0.15, -0.1) is 0 Å². The van der Waals surface area contributed by atoms with Gasteiger partial charge in [0, 0.05) is 21.6 Å². The highest BCUT2D eigenvalue weighted by Gasteiger charge is 2.30. The van der Waals surface area contributed by atoms with Crippen molar-refractivity contribution >= 4 is 40.7 Å². The molecule has 0 heterocycles. The summed E-state index contributed by atoms with van der Waals surface area (Å²) < 4.78 is 5.81. The van der Waals surface area contributed by atoms with Crippen molar-refractivity contribution in [2.75, 3.05) is 6.54 Å². The molecule has 2 aromatic rings. The van der Waals surface area contributed by atoms with Crippen LogP contribution in [0.3, 0.4) is 0 Å². The quantitative estimate of drug-likeness (QED) is 0.476. The first-order chi connectivity index (χ1) is 13.2. The average Bonchev–Trinajstić information content (AvgIpc) is 2.60. The number of ether oxygens (including phenoxy) is 1. The van der Waals surface area contributed by atoms with Crippen LogP contribution in [0.15, 0.2) is 42.5 Å². The van der Waals surface area contributed by atoms with Crippen LogP contribution in [0, 0.1) is 5.92 Å². The molecule has 3 nitrogen and oxygen atoms in total. The van der Waals surface area contributed by atoms with E-state index in [1.54, 1.807) is 32.0 Å². The van der Waals surface area contributed by atoms with E-state index in [4.69, 9.17) is 39.5 Å². The molecule has 0 aromatic heterocycles. The Balaban J connectivity index is 1.76. The van der Waals surface area contributed by atoms with Crippen molar-refractivity contribution in [3.8, 4) is 5.75 Å². The molecule has 1 atom stereocenters. The number of aryl methyl sites for hydroxylation is 1. The molecular weight excluding hydrogens is 417 g/mol. The van der Waals surface area contributed by atoms with Crippen molar-refractivity contribution < 1.29 is 9.53 Å². The Kier molecular flexibility index (Phi) is 8.48. The van der Waals surface area contributed by atoms with Crippen molar-refractivity contribution in [3.63, 3.8) is 0 Å². The normalized spacial score (nSPS) is 12.5. The second-order valence-corrected chi connectivity index (χ2v) is 8.86. The largest absolute Gasteiger partial charge is 0.478 e. The fourth-order valence-electron chi connectivity index (χ4n) is 2.82. The van der Waals surface area contributed by atoms with Crippen LogP contribution in [0.5, 0.6) is 5.75 Å². The minimum atomic E-state index is -1.03. The van der Waals surface area contributed by atoms with Gasteiger partial charge in [-0.25, -0.2) is 0 Å². The Morgan fingerprint density at radius 1 is 1.04 bits per heavy atom.